The Bertz CT molecular complexity index is 793. The number of fused-ring (bicyclic) bond motifs is 1. The highest BCUT2D eigenvalue weighted by Gasteiger charge is 2.19. The van der Waals surface area contributed by atoms with Gasteiger partial charge in [-0.1, -0.05) is 21.0 Å². The summed E-state index contributed by atoms with van der Waals surface area (Å²) in [4.78, 5) is 25.6. The summed E-state index contributed by atoms with van der Waals surface area (Å²) in [6.45, 7) is 2.64. The standard InChI is InChI=1S/C14H13BrN4O3/c1-8(20)19-6-12(11-5-10(15)3-4-14(11)19)13(17-18-16)7-22-9(2)21/h3-6,13H,7H2,1-2H3/t13-/m0/s1. The van der Waals surface area contributed by atoms with Crippen molar-refractivity contribution in [2.45, 2.75) is 19.9 Å². The first kappa shape index (κ1) is 16.1. The molecule has 1 aromatic carbocycles. The van der Waals surface area contributed by atoms with E-state index in [1.165, 1.54) is 18.4 Å². The Morgan fingerprint density at radius 2 is 2.18 bits per heavy atom. The van der Waals surface area contributed by atoms with Gasteiger partial charge in [-0.2, -0.15) is 0 Å². The van der Waals surface area contributed by atoms with Gasteiger partial charge in [0.1, 0.15) is 6.61 Å². The number of azide groups is 1. The van der Waals surface area contributed by atoms with Crippen LogP contribution in [0.2, 0.25) is 0 Å². The highest BCUT2D eigenvalue weighted by atomic mass is 79.9. The Kier molecular flexibility index (Phi) is 4.85. The van der Waals surface area contributed by atoms with Gasteiger partial charge in [-0.15, -0.1) is 0 Å². The van der Waals surface area contributed by atoms with Gasteiger partial charge in [0.15, 0.2) is 0 Å². The molecule has 22 heavy (non-hydrogen) atoms. The Hall–Kier alpha value is -2.31. The number of hydrogen-bond acceptors (Lipinski definition) is 4. The molecular weight excluding hydrogens is 352 g/mol. The molecular formula is C14H13BrN4O3. The van der Waals surface area contributed by atoms with Crippen molar-refractivity contribution in [2.75, 3.05) is 6.61 Å². The number of hydrogen-bond donors (Lipinski definition) is 0. The van der Waals surface area contributed by atoms with Crippen LogP contribution in [0.25, 0.3) is 21.3 Å². The molecule has 0 aliphatic heterocycles. The SMILES string of the molecule is CC(=O)OC[C@H](N=[N+]=[N-])c1cn(C(C)=O)c2ccc(Br)cc12. The average Bonchev–Trinajstić information content (AvgIpc) is 2.82. The number of carbonyl (C=O) groups excluding carboxylic acids is 2. The van der Waals surface area contributed by atoms with Crippen molar-refractivity contribution in [2.24, 2.45) is 5.11 Å². The topological polar surface area (TPSA) is 97.1 Å². The first-order valence-corrected chi connectivity index (χ1v) is 7.22. The fourth-order valence-electron chi connectivity index (χ4n) is 2.20. The maximum atomic E-state index is 11.8. The van der Waals surface area contributed by atoms with E-state index in [1.54, 1.807) is 12.3 Å². The molecule has 0 saturated heterocycles. The van der Waals surface area contributed by atoms with Crippen molar-refractivity contribution in [1.29, 1.82) is 0 Å². The largest absolute Gasteiger partial charge is 0.465 e. The lowest BCUT2D eigenvalue weighted by Crippen LogP contribution is -2.09. The fourth-order valence-corrected chi connectivity index (χ4v) is 2.56. The molecule has 1 aromatic heterocycles. The molecule has 2 rings (SSSR count). The molecule has 0 saturated carbocycles. The van der Waals surface area contributed by atoms with Crippen LogP contribution in [0.5, 0.6) is 0 Å². The smallest absolute Gasteiger partial charge is 0.302 e. The normalized spacial score (nSPS) is 11.8. The third kappa shape index (κ3) is 3.29. The molecule has 0 aliphatic carbocycles. The van der Waals surface area contributed by atoms with Gasteiger partial charge in [-0.25, -0.2) is 0 Å². The zero-order valence-corrected chi connectivity index (χ0v) is 13.6. The van der Waals surface area contributed by atoms with Crippen molar-refractivity contribution in [1.82, 2.24) is 4.57 Å². The Balaban J connectivity index is 2.60. The third-order valence-electron chi connectivity index (χ3n) is 3.13. The maximum Gasteiger partial charge on any atom is 0.302 e. The van der Waals surface area contributed by atoms with Crippen molar-refractivity contribution in [3.05, 3.63) is 44.9 Å². The van der Waals surface area contributed by atoms with E-state index in [4.69, 9.17) is 10.3 Å². The fraction of sp³-hybridized carbons (Fsp3) is 0.286. The van der Waals surface area contributed by atoms with Crippen LogP contribution in [-0.2, 0) is 9.53 Å². The van der Waals surface area contributed by atoms with Gasteiger partial charge < -0.3 is 4.74 Å². The predicted molar refractivity (Wildman–Crippen MR) is 84.5 cm³/mol. The number of halogens is 1. The molecule has 0 bridgehead atoms. The molecule has 0 spiro atoms. The minimum absolute atomic E-state index is 0.0804. The van der Waals surface area contributed by atoms with Crippen molar-refractivity contribution in [3.63, 3.8) is 0 Å². The van der Waals surface area contributed by atoms with Gasteiger partial charge in [0.2, 0.25) is 5.91 Å². The summed E-state index contributed by atoms with van der Waals surface area (Å²) >= 11 is 3.38. The van der Waals surface area contributed by atoms with Crippen LogP contribution in [0.3, 0.4) is 0 Å². The molecule has 0 unspecified atom stereocenters. The van der Waals surface area contributed by atoms with E-state index in [9.17, 15) is 9.59 Å². The molecule has 0 fully saturated rings. The van der Waals surface area contributed by atoms with Gasteiger partial charge in [-0.3, -0.25) is 14.2 Å². The van der Waals surface area contributed by atoms with E-state index in [1.807, 2.05) is 12.1 Å². The summed E-state index contributed by atoms with van der Waals surface area (Å²) in [6.07, 6.45) is 1.61. The lowest BCUT2D eigenvalue weighted by Gasteiger charge is -2.10. The van der Waals surface area contributed by atoms with Crippen molar-refractivity contribution >= 4 is 38.7 Å². The summed E-state index contributed by atoms with van der Waals surface area (Å²) in [5.41, 5.74) is 10.1. The molecule has 7 nitrogen and oxygen atoms in total. The van der Waals surface area contributed by atoms with Crippen LogP contribution in [0.15, 0.2) is 34.0 Å². The summed E-state index contributed by atoms with van der Waals surface area (Å²) < 4.78 is 7.26. The number of ether oxygens (including phenoxy) is 1. The van der Waals surface area contributed by atoms with Crippen molar-refractivity contribution in [3.8, 4) is 0 Å². The van der Waals surface area contributed by atoms with Crippen LogP contribution >= 0.6 is 15.9 Å². The van der Waals surface area contributed by atoms with E-state index < -0.39 is 12.0 Å². The average molecular weight is 365 g/mol. The van der Waals surface area contributed by atoms with E-state index in [0.29, 0.717) is 11.1 Å². The minimum atomic E-state index is -0.703. The third-order valence-corrected chi connectivity index (χ3v) is 3.62. The highest BCUT2D eigenvalue weighted by molar-refractivity contribution is 9.10. The zero-order chi connectivity index (χ0) is 16.3. The van der Waals surface area contributed by atoms with E-state index >= 15 is 0 Å². The van der Waals surface area contributed by atoms with Gasteiger partial charge in [0.05, 0.1) is 11.6 Å². The van der Waals surface area contributed by atoms with Gasteiger partial charge in [-0.05, 0) is 29.3 Å². The molecule has 1 heterocycles. The van der Waals surface area contributed by atoms with Gasteiger partial charge in [0.25, 0.3) is 0 Å². The van der Waals surface area contributed by atoms with E-state index in [-0.39, 0.29) is 12.5 Å². The van der Waals surface area contributed by atoms with Crippen LogP contribution in [0, 0.1) is 0 Å². The summed E-state index contributed by atoms with van der Waals surface area (Å²) in [6, 6.07) is 4.74. The summed E-state index contributed by atoms with van der Waals surface area (Å²) in [7, 11) is 0. The molecule has 114 valence electrons. The number of carbonyl (C=O) groups is 2. The molecule has 1 atom stereocenters. The second kappa shape index (κ2) is 6.64. The summed E-state index contributed by atoms with van der Waals surface area (Å²) in [5, 5.41) is 4.44. The predicted octanol–water partition coefficient (Wildman–Crippen LogP) is 3.98. The Morgan fingerprint density at radius 1 is 1.45 bits per heavy atom. The second-order valence-corrected chi connectivity index (χ2v) is 5.57. The molecule has 0 aliphatic rings. The molecule has 0 radical (unpaired) electrons. The lowest BCUT2D eigenvalue weighted by atomic mass is 10.1. The molecule has 8 heteroatoms. The molecule has 0 amide bonds. The summed E-state index contributed by atoms with van der Waals surface area (Å²) in [5.74, 6) is -0.625. The van der Waals surface area contributed by atoms with E-state index in [0.717, 1.165) is 9.86 Å². The monoisotopic (exact) mass is 364 g/mol. The Labute approximate surface area is 134 Å². The molecule has 0 N–H and O–H groups in total. The van der Waals surface area contributed by atoms with Crippen LogP contribution in [-0.4, -0.2) is 23.1 Å². The lowest BCUT2D eigenvalue weighted by molar-refractivity contribution is -0.141. The van der Waals surface area contributed by atoms with E-state index in [2.05, 4.69) is 26.0 Å². The highest BCUT2D eigenvalue weighted by Crippen LogP contribution is 2.31. The first-order valence-electron chi connectivity index (χ1n) is 6.43. The quantitative estimate of drug-likeness (QED) is 0.355. The first-order chi connectivity index (χ1) is 10.4. The Morgan fingerprint density at radius 3 is 2.77 bits per heavy atom. The number of esters is 1. The van der Waals surface area contributed by atoms with Gasteiger partial charge >= 0.3 is 5.97 Å². The number of nitrogens with zero attached hydrogens (tertiary/aromatic N) is 4. The van der Waals surface area contributed by atoms with Crippen molar-refractivity contribution < 1.29 is 14.3 Å². The number of rotatable bonds is 4. The van der Waals surface area contributed by atoms with Crippen LogP contribution in [0.4, 0.5) is 0 Å². The van der Waals surface area contributed by atoms with Crippen LogP contribution < -0.4 is 0 Å². The maximum absolute atomic E-state index is 11.8. The minimum Gasteiger partial charge on any atom is -0.465 e. The van der Waals surface area contributed by atoms with Crippen LogP contribution in [0.1, 0.15) is 30.2 Å². The second-order valence-electron chi connectivity index (χ2n) is 4.66. The number of benzene rings is 1. The zero-order valence-electron chi connectivity index (χ0n) is 12.0. The molecule has 2 aromatic rings. The van der Waals surface area contributed by atoms with Gasteiger partial charge in [0, 0.05) is 34.8 Å². The number of aromatic nitrogens is 1.